The van der Waals surface area contributed by atoms with Crippen LogP contribution in [-0.2, 0) is 32.9 Å². The van der Waals surface area contributed by atoms with Crippen molar-refractivity contribution in [2.24, 2.45) is 0 Å². The molecule has 0 aromatic heterocycles. The molecule has 0 N–H and O–H groups in total. The molecular formula is C36H67Na2O9PS. The maximum absolute atomic E-state index is 12.2. The summed E-state index contributed by atoms with van der Waals surface area (Å²) in [6, 6.07) is 0. The largest absolute Gasteiger partial charge is 1.00 e. The quantitative estimate of drug-likeness (QED) is 0.0391. The summed E-state index contributed by atoms with van der Waals surface area (Å²) in [4.78, 5) is 55.0. The summed E-state index contributed by atoms with van der Waals surface area (Å²) in [7, 11) is -5.32. The van der Waals surface area contributed by atoms with Gasteiger partial charge in [-0.2, -0.15) is 0 Å². The number of unbranched alkanes of at least 4 members (excludes halogenated alkanes) is 11. The summed E-state index contributed by atoms with van der Waals surface area (Å²) in [6.07, 6.45) is 12.5. The van der Waals surface area contributed by atoms with Gasteiger partial charge in [-0.15, -0.1) is 12.6 Å². The van der Waals surface area contributed by atoms with Crippen molar-refractivity contribution < 1.29 is 120 Å². The van der Waals surface area contributed by atoms with Crippen LogP contribution in [0.4, 0.5) is 0 Å². The van der Waals surface area contributed by atoms with Gasteiger partial charge in [-0.1, -0.05) is 83.5 Å². The Hall–Kier alpha value is -2.01. The predicted molar refractivity (Wildman–Crippen MR) is 207 cm³/mol. The van der Waals surface area contributed by atoms with Crippen molar-refractivity contribution in [3.8, 4) is 82.9 Å². The first-order valence-corrected chi connectivity index (χ1v) is 17.1. The van der Waals surface area contributed by atoms with Gasteiger partial charge >= 0.3 is 71.1 Å². The van der Waals surface area contributed by atoms with Gasteiger partial charge in [0.05, 0.1) is 14.4 Å². The predicted octanol–water partition coefficient (Wildman–Crippen LogP) is 1.09. The Balaban J connectivity index is -0.0000000679. The van der Waals surface area contributed by atoms with Crippen LogP contribution in [-0.4, -0.2) is 36.4 Å². The first-order valence-electron chi connectivity index (χ1n) is 15.2. The molecule has 0 rings (SSSR count). The number of phosphoric ester groups is 1. The summed E-state index contributed by atoms with van der Waals surface area (Å²) in [5, 5.41) is -0.139. The maximum atomic E-state index is 12.2. The second kappa shape index (κ2) is 40.4. The topological polar surface area (TPSA) is 142 Å². The molecule has 0 heterocycles. The van der Waals surface area contributed by atoms with E-state index in [4.69, 9.17) is 9.47 Å². The van der Waals surface area contributed by atoms with Crippen LogP contribution < -0.4 is 68.9 Å². The van der Waals surface area contributed by atoms with Gasteiger partial charge < -0.3 is 28.3 Å². The van der Waals surface area contributed by atoms with E-state index in [2.05, 4.69) is 107 Å². The monoisotopic (exact) mass is 752 g/mol. The van der Waals surface area contributed by atoms with E-state index in [0.717, 1.165) is 19.3 Å². The molecule has 0 aromatic carbocycles. The number of hydrogen-bond acceptors (Lipinski definition) is 9. The molecule has 0 amide bonds. The number of esters is 2. The van der Waals surface area contributed by atoms with Crippen molar-refractivity contribution in [3.05, 3.63) is 0 Å². The zero-order valence-corrected chi connectivity index (χ0v) is 35.0. The van der Waals surface area contributed by atoms with E-state index in [9.17, 15) is 28.7 Å². The zero-order valence-electron chi connectivity index (χ0n) is 29.3. The van der Waals surface area contributed by atoms with Gasteiger partial charge in [-0.05, 0) is 84.4 Å². The maximum Gasteiger partial charge on any atom is 1.00 e. The van der Waals surface area contributed by atoms with E-state index in [0.29, 0.717) is 6.42 Å². The van der Waals surface area contributed by atoms with Gasteiger partial charge in [-0.3, -0.25) is 9.59 Å². The number of ether oxygens (including phenoxy) is 2. The molecule has 1 atom stereocenters. The third-order valence-corrected chi connectivity index (χ3v) is 5.79. The van der Waals surface area contributed by atoms with E-state index >= 15 is 0 Å². The summed E-state index contributed by atoms with van der Waals surface area (Å²) >= 11 is 3.33. The Morgan fingerprint density at radius 1 is 0.694 bits per heavy atom. The molecule has 9 nitrogen and oxygen atoms in total. The molecule has 0 saturated carbocycles. The Labute approximate surface area is 362 Å². The second-order valence-electron chi connectivity index (χ2n) is 9.49. The Morgan fingerprint density at radius 2 is 1.08 bits per heavy atom. The van der Waals surface area contributed by atoms with Crippen LogP contribution in [0.3, 0.4) is 0 Å². The van der Waals surface area contributed by atoms with Gasteiger partial charge in [0.15, 0.2) is 11.2 Å². The fourth-order valence-electron chi connectivity index (χ4n) is 3.31. The molecule has 0 aromatic rings. The Kier molecular flexibility index (Phi) is 44.4. The molecule has 13 heteroatoms. The number of carbonyl (C=O) groups excluding carboxylic acids is 3. The second-order valence-corrected chi connectivity index (χ2v) is 11.3. The zero-order chi connectivity index (χ0) is 35.4. The average Bonchev–Trinajstić information content (AvgIpc) is 3.00. The first kappa shape index (κ1) is 53.8. The van der Waals surface area contributed by atoms with Crippen LogP contribution >= 0.6 is 20.5 Å². The normalized spacial score (nSPS) is 9.10. The number of carbonyl (C=O) groups is 3. The fourth-order valence-corrected chi connectivity index (χ4v) is 3.66. The molecule has 0 spiro atoms. The van der Waals surface area contributed by atoms with E-state index < -0.39 is 39.1 Å². The minimum atomic E-state index is -5.32. The minimum Gasteiger partial charge on any atom is -0.790 e. The van der Waals surface area contributed by atoms with Crippen molar-refractivity contribution in [2.45, 2.75) is 110 Å². The molecule has 0 fully saturated rings. The first-order chi connectivity index (χ1) is 22.5. The summed E-state index contributed by atoms with van der Waals surface area (Å²) < 4.78 is 25.0. The SMILES string of the molecule is CC#CC#CC#CC#CC#CC#CC#CC(=O)OC[C@H](COP(=O)([O-])[O-])OC(=O)CCCCCCCCCCCCCC.CC(=O)S.[HH].[HH].[HH].[HH].[HH].[HH].[HH].[HH].[HH].[HH].[HH].[HH].[HH].[Na+].[Na+]. The van der Waals surface area contributed by atoms with Gasteiger partial charge in [0.25, 0.3) is 0 Å². The van der Waals surface area contributed by atoms with Crippen LogP contribution in [0.15, 0.2) is 0 Å². The molecule has 0 bridgehead atoms. The van der Waals surface area contributed by atoms with Crippen LogP contribution in [0.1, 0.15) is 123 Å². The van der Waals surface area contributed by atoms with E-state index in [1.165, 1.54) is 58.3 Å². The van der Waals surface area contributed by atoms with Gasteiger partial charge in [0.1, 0.15) is 6.61 Å². The van der Waals surface area contributed by atoms with E-state index in [-0.39, 0.29) is 89.2 Å². The van der Waals surface area contributed by atoms with Crippen LogP contribution in [0.5, 0.6) is 0 Å². The van der Waals surface area contributed by atoms with Crippen molar-refractivity contribution in [1.82, 2.24) is 0 Å². The van der Waals surface area contributed by atoms with Crippen molar-refractivity contribution in [2.75, 3.05) is 13.2 Å². The van der Waals surface area contributed by atoms with Gasteiger partial charge in [0, 0.05) is 37.8 Å². The van der Waals surface area contributed by atoms with Crippen molar-refractivity contribution in [1.29, 1.82) is 0 Å². The molecule has 0 aliphatic rings. The van der Waals surface area contributed by atoms with Gasteiger partial charge in [-0.25, -0.2) is 4.79 Å². The van der Waals surface area contributed by atoms with Crippen LogP contribution in [0, 0.1) is 82.9 Å². The summed E-state index contributed by atoms with van der Waals surface area (Å²) in [5.74, 6) is 32.1. The molecule has 0 unspecified atom stereocenters. The number of thiol groups is 1. The van der Waals surface area contributed by atoms with E-state index in [1.807, 2.05) is 0 Å². The molecule has 49 heavy (non-hydrogen) atoms. The minimum absolute atomic E-state index is 0. The molecule has 0 aliphatic heterocycles. The molecule has 0 radical (unpaired) electrons. The summed E-state index contributed by atoms with van der Waals surface area (Å²) in [6.45, 7) is 3.92. The summed E-state index contributed by atoms with van der Waals surface area (Å²) in [5.41, 5.74) is 0. The number of rotatable bonds is 19. The van der Waals surface area contributed by atoms with Crippen LogP contribution in [0.2, 0.25) is 0 Å². The smallest absolute Gasteiger partial charge is 0.790 e. The number of phosphoric acid groups is 1. The van der Waals surface area contributed by atoms with Crippen molar-refractivity contribution >= 4 is 37.5 Å². The standard InChI is InChI=1S/C34H39O8P.C2H4OS.2Na.13H2/c1-3-5-7-9-11-13-15-17-19-20-22-24-26-28-33(35)40-30-32(31-41-43(37,38)39)42-34(36)29-27-25-23-21-18-16-14-12-10-8-6-4-2;1-2(3)4;;;;;;;;;;;;;;;/h32H,4,6,8,10,12,14,16,18,21,23,25,27,29-31H2,1-2H3,(H2,37,38,39);1H3,(H,3,4);;;13*1H/q;;2*+1;;;;;;;;;;;;;/p-2/t32-;;;;;;;;;;;;;;;;/m1................/s1. The third kappa shape index (κ3) is 50.5. The van der Waals surface area contributed by atoms with E-state index in [1.54, 1.807) is 6.92 Å². The fraction of sp³-hybridized carbons (Fsp3) is 0.528. The molecule has 0 saturated heterocycles. The Bertz CT molecular complexity index is 1500. The van der Waals surface area contributed by atoms with Crippen molar-refractivity contribution in [3.63, 3.8) is 0 Å². The van der Waals surface area contributed by atoms with Crippen LogP contribution in [0.25, 0.3) is 0 Å². The molecular weight excluding hydrogens is 685 g/mol. The Morgan fingerprint density at radius 3 is 1.49 bits per heavy atom. The molecule has 0 aliphatic carbocycles. The van der Waals surface area contributed by atoms with Gasteiger partial charge in [0.2, 0.25) is 0 Å². The average molecular weight is 753 g/mol. The third-order valence-electron chi connectivity index (χ3n) is 5.33. The number of hydrogen-bond donors (Lipinski definition) is 1. The molecule has 278 valence electrons.